The number of unbranched alkanes of at least 4 members (excludes halogenated alkanes) is 2. The molecule has 0 radical (unpaired) electrons. The van der Waals surface area contributed by atoms with Crippen LogP contribution in [0.3, 0.4) is 0 Å². The first-order chi connectivity index (χ1) is 7.25. The first-order valence-corrected chi connectivity index (χ1v) is 5.38. The van der Waals surface area contributed by atoms with Crippen molar-refractivity contribution in [2.24, 2.45) is 0 Å². The second-order valence-corrected chi connectivity index (χ2v) is 3.60. The molecule has 2 nitrogen and oxygen atoms in total. The first-order valence-electron chi connectivity index (χ1n) is 5.38. The van der Waals surface area contributed by atoms with Crippen LogP contribution in [0.1, 0.15) is 38.2 Å². The number of ketones is 1. The van der Waals surface area contributed by atoms with E-state index in [1.54, 1.807) is 12.4 Å². The van der Waals surface area contributed by atoms with E-state index in [2.05, 4.69) is 18.5 Å². The molecule has 1 heterocycles. The molecular weight excluding hydrogens is 186 g/mol. The van der Waals surface area contributed by atoms with E-state index in [0.717, 1.165) is 24.8 Å². The van der Waals surface area contributed by atoms with Gasteiger partial charge in [-0.25, -0.2) is 0 Å². The molecule has 0 saturated carbocycles. The summed E-state index contributed by atoms with van der Waals surface area (Å²) < 4.78 is 0. The first kappa shape index (κ1) is 11.6. The van der Waals surface area contributed by atoms with Crippen LogP contribution >= 0.6 is 0 Å². The molecule has 0 aliphatic rings. The van der Waals surface area contributed by atoms with Crippen LogP contribution in [0.15, 0.2) is 31.1 Å². The summed E-state index contributed by atoms with van der Waals surface area (Å²) in [5.74, 6) is 0.136. The van der Waals surface area contributed by atoms with Gasteiger partial charge in [-0.3, -0.25) is 9.78 Å². The number of hydrogen-bond acceptors (Lipinski definition) is 2. The zero-order chi connectivity index (χ0) is 11.1. The highest BCUT2D eigenvalue weighted by Gasteiger charge is 2.08. The molecule has 0 aliphatic carbocycles. The quantitative estimate of drug-likeness (QED) is 0.524. The Kier molecular flexibility index (Phi) is 4.75. The molecule has 1 rings (SSSR count). The number of nitrogens with zero attached hydrogens (tertiary/aromatic N) is 1. The Bertz CT molecular complexity index is 330. The smallest absolute Gasteiger partial charge is 0.162 e. The molecule has 0 fully saturated rings. The van der Waals surface area contributed by atoms with E-state index in [0.29, 0.717) is 12.0 Å². The van der Waals surface area contributed by atoms with Gasteiger partial charge in [-0.15, -0.1) is 0 Å². The summed E-state index contributed by atoms with van der Waals surface area (Å²) >= 11 is 0. The van der Waals surface area contributed by atoms with Gasteiger partial charge in [0.1, 0.15) is 0 Å². The maximum Gasteiger partial charge on any atom is 0.162 e. The maximum absolute atomic E-state index is 11.7. The maximum atomic E-state index is 11.7. The second-order valence-electron chi connectivity index (χ2n) is 3.60. The van der Waals surface area contributed by atoms with Gasteiger partial charge in [-0.1, -0.05) is 32.4 Å². The molecule has 0 atom stereocenters. The Balaban J connectivity index is 2.50. The van der Waals surface area contributed by atoms with Gasteiger partial charge in [0, 0.05) is 30.0 Å². The largest absolute Gasteiger partial charge is 0.294 e. The van der Waals surface area contributed by atoms with Crippen molar-refractivity contribution < 1.29 is 4.79 Å². The number of aromatic nitrogens is 1. The van der Waals surface area contributed by atoms with Crippen LogP contribution in [-0.2, 0) is 4.79 Å². The lowest BCUT2D eigenvalue weighted by Crippen LogP contribution is -2.00. The fourth-order valence-corrected chi connectivity index (χ4v) is 1.39. The van der Waals surface area contributed by atoms with Crippen molar-refractivity contribution in [1.82, 2.24) is 4.98 Å². The predicted octanol–water partition coefficient (Wildman–Crippen LogP) is 3.24. The topological polar surface area (TPSA) is 30.0 Å². The number of hydrogen-bond donors (Lipinski definition) is 0. The standard InChI is InChI=1S/C13H17NO/c1-3-4-5-8-13(15)11(2)12-7-6-9-14-10-12/h6-7,9-10H,2-5,8H2,1H3. The lowest BCUT2D eigenvalue weighted by Gasteiger charge is -2.03. The van der Waals surface area contributed by atoms with Crippen LogP contribution in [0.2, 0.25) is 0 Å². The number of pyridine rings is 1. The Morgan fingerprint density at radius 2 is 2.27 bits per heavy atom. The minimum atomic E-state index is 0.136. The summed E-state index contributed by atoms with van der Waals surface area (Å²) in [6, 6.07) is 3.69. The van der Waals surface area contributed by atoms with Gasteiger partial charge in [0.2, 0.25) is 0 Å². The lowest BCUT2D eigenvalue weighted by molar-refractivity contribution is -0.113. The van der Waals surface area contributed by atoms with Crippen LogP contribution in [0.4, 0.5) is 0 Å². The Labute approximate surface area is 91.0 Å². The van der Waals surface area contributed by atoms with E-state index in [9.17, 15) is 4.79 Å². The number of carbonyl (C=O) groups is 1. The molecule has 0 aromatic carbocycles. The molecule has 0 aliphatic heterocycles. The van der Waals surface area contributed by atoms with Crippen LogP contribution < -0.4 is 0 Å². The molecule has 1 aromatic heterocycles. The Morgan fingerprint density at radius 3 is 2.87 bits per heavy atom. The normalized spacial score (nSPS) is 9.93. The van der Waals surface area contributed by atoms with Crippen molar-refractivity contribution in [3.63, 3.8) is 0 Å². The lowest BCUT2D eigenvalue weighted by atomic mass is 10.0. The van der Waals surface area contributed by atoms with E-state index in [1.807, 2.05) is 12.1 Å². The SMILES string of the molecule is C=C(C(=O)CCCCC)c1cccnc1. The van der Waals surface area contributed by atoms with Gasteiger partial charge in [-0.05, 0) is 12.5 Å². The molecular formula is C13H17NO. The predicted molar refractivity (Wildman–Crippen MR) is 62.4 cm³/mol. The van der Waals surface area contributed by atoms with Gasteiger partial charge in [0.15, 0.2) is 5.78 Å². The number of allylic oxidation sites excluding steroid dienone is 1. The minimum Gasteiger partial charge on any atom is -0.294 e. The van der Waals surface area contributed by atoms with Crippen molar-refractivity contribution in [2.45, 2.75) is 32.6 Å². The van der Waals surface area contributed by atoms with Crippen molar-refractivity contribution in [3.8, 4) is 0 Å². The summed E-state index contributed by atoms with van der Waals surface area (Å²) in [6.07, 6.45) is 7.16. The van der Waals surface area contributed by atoms with Crippen molar-refractivity contribution in [2.75, 3.05) is 0 Å². The van der Waals surface area contributed by atoms with E-state index in [1.165, 1.54) is 0 Å². The Hall–Kier alpha value is -1.44. The van der Waals surface area contributed by atoms with E-state index < -0.39 is 0 Å². The van der Waals surface area contributed by atoms with E-state index >= 15 is 0 Å². The molecule has 0 saturated heterocycles. The van der Waals surface area contributed by atoms with Crippen LogP contribution in [-0.4, -0.2) is 10.8 Å². The highest BCUT2D eigenvalue weighted by molar-refractivity contribution is 6.19. The molecule has 80 valence electrons. The number of Topliss-reactive ketones (excluding diaryl/α,β-unsaturated/α-hetero) is 1. The summed E-state index contributed by atoms with van der Waals surface area (Å²) in [4.78, 5) is 15.7. The highest BCUT2D eigenvalue weighted by Crippen LogP contribution is 2.15. The molecule has 2 heteroatoms. The van der Waals surface area contributed by atoms with Gasteiger partial charge < -0.3 is 0 Å². The summed E-state index contributed by atoms with van der Waals surface area (Å²) in [7, 11) is 0. The summed E-state index contributed by atoms with van der Waals surface area (Å²) in [5, 5.41) is 0. The molecule has 1 aromatic rings. The molecule has 0 bridgehead atoms. The highest BCUT2D eigenvalue weighted by atomic mass is 16.1. The molecule has 0 amide bonds. The monoisotopic (exact) mass is 203 g/mol. The van der Waals surface area contributed by atoms with E-state index in [-0.39, 0.29) is 5.78 Å². The molecule has 0 spiro atoms. The van der Waals surface area contributed by atoms with Gasteiger partial charge in [0.25, 0.3) is 0 Å². The second kappa shape index (κ2) is 6.12. The van der Waals surface area contributed by atoms with Gasteiger partial charge in [-0.2, -0.15) is 0 Å². The fourth-order valence-electron chi connectivity index (χ4n) is 1.39. The average molecular weight is 203 g/mol. The van der Waals surface area contributed by atoms with Gasteiger partial charge in [0.05, 0.1) is 0 Å². The van der Waals surface area contributed by atoms with Crippen LogP contribution in [0, 0.1) is 0 Å². The molecule has 0 N–H and O–H groups in total. The summed E-state index contributed by atoms with van der Waals surface area (Å²) in [6.45, 7) is 5.94. The van der Waals surface area contributed by atoms with Gasteiger partial charge >= 0.3 is 0 Å². The van der Waals surface area contributed by atoms with E-state index in [4.69, 9.17) is 0 Å². The third kappa shape index (κ3) is 3.66. The third-order valence-electron chi connectivity index (χ3n) is 2.35. The number of carbonyl (C=O) groups excluding carboxylic acids is 1. The van der Waals surface area contributed by atoms with Crippen molar-refractivity contribution in [1.29, 1.82) is 0 Å². The van der Waals surface area contributed by atoms with Crippen LogP contribution in [0.5, 0.6) is 0 Å². The van der Waals surface area contributed by atoms with Crippen molar-refractivity contribution in [3.05, 3.63) is 36.7 Å². The minimum absolute atomic E-state index is 0.136. The fraction of sp³-hybridized carbons (Fsp3) is 0.385. The average Bonchev–Trinajstić information content (AvgIpc) is 2.29. The zero-order valence-electron chi connectivity index (χ0n) is 9.20. The summed E-state index contributed by atoms with van der Waals surface area (Å²) in [5.41, 5.74) is 1.42. The van der Waals surface area contributed by atoms with Crippen molar-refractivity contribution >= 4 is 11.4 Å². The molecule has 0 unspecified atom stereocenters. The number of rotatable bonds is 6. The van der Waals surface area contributed by atoms with Crippen LogP contribution in [0.25, 0.3) is 5.57 Å². The third-order valence-corrected chi connectivity index (χ3v) is 2.35. The Morgan fingerprint density at radius 1 is 1.47 bits per heavy atom. The molecule has 15 heavy (non-hydrogen) atoms. The zero-order valence-corrected chi connectivity index (χ0v) is 9.20.